The molecule has 0 radical (unpaired) electrons. The van der Waals surface area contributed by atoms with Crippen LogP contribution in [0, 0.1) is 11.3 Å². The molecular formula is C12H14N2O2. The lowest BCUT2D eigenvalue weighted by Gasteiger charge is -2.09. The molecule has 0 aliphatic heterocycles. The van der Waals surface area contributed by atoms with Gasteiger partial charge in [-0.25, -0.2) is 0 Å². The van der Waals surface area contributed by atoms with Gasteiger partial charge in [0.2, 0.25) is 0 Å². The molecular weight excluding hydrogens is 204 g/mol. The lowest BCUT2D eigenvalue weighted by atomic mass is 10.1. The second kappa shape index (κ2) is 6.46. The van der Waals surface area contributed by atoms with Crippen LogP contribution in [0.25, 0.3) is 0 Å². The summed E-state index contributed by atoms with van der Waals surface area (Å²) in [6, 6.07) is 9.41. The van der Waals surface area contributed by atoms with E-state index in [4.69, 9.17) is 15.2 Å². The van der Waals surface area contributed by atoms with Crippen LogP contribution < -0.4 is 4.74 Å². The first-order chi connectivity index (χ1) is 7.79. The number of para-hydroxylation sites is 1. The van der Waals surface area contributed by atoms with E-state index in [1.165, 1.54) is 0 Å². The number of hydrogen-bond donors (Lipinski definition) is 1. The van der Waals surface area contributed by atoms with E-state index in [2.05, 4.69) is 11.2 Å². The van der Waals surface area contributed by atoms with E-state index in [1.807, 2.05) is 24.3 Å². The summed E-state index contributed by atoms with van der Waals surface area (Å²) < 4.78 is 5.52. The lowest BCUT2D eigenvalue weighted by Crippen LogP contribution is -2.03. The molecule has 84 valence electrons. The van der Waals surface area contributed by atoms with Gasteiger partial charge < -0.3 is 9.94 Å². The summed E-state index contributed by atoms with van der Waals surface area (Å²) in [4.78, 5) is 0. The number of ether oxygens (including phenoxy) is 1. The molecule has 0 bridgehead atoms. The van der Waals surface area contributed by atoms with E-state index >= 15 is 0 Å². The van der Waals surface area contributed by atoms with Gasteiger partial charge in [-0.3, -0.25) is 0 Å². The van der Waals surface area contributed by atoms with Crippen molar-refractivity contribution >= 4 is 5.71 Å². The molecule has 0 heterocycles. The van der Waals surface area contributed by atoms with E-state index < -0.39 is 0 Å². The molecule has 0 amide bonds. The first-order valence-corrected chi connectivity index (χ1v) is 5.07. The predicted molar refractivity (Wildman–Crippen MR) is 60.8 cm³/mol. The highest BCUT2D eigenvalue weighted by atomic mass is 16.5. The number of unbranched alkanes of at least 4 members (excludes halogenated alkanes) is 1. The third kappa shape index (κ3) is 3.28. The molecule has 0 aliphatic rings. The summed E-state index contributed by atoms with van der Waals surface area (Å²) in [6.45, 7) is 2.20. The predicted octanol–water partition coefficient (Wildman–Crippen LogP) is 2.57. The number of benzene rings is 1. The molecule has 0 aliphatic carbocycles. The van der Waals surface area contributed by atoms with Crippen LogP contribution in [-0.2, 0) is 0 Å². The minimum absolute atomic E-state index is 0.481. The molecule has 1 rings (SSSR count). The fourth-order valence-electron chi connectivity index (χ4n) is 1.28. The average molecular weight is 218 g/mol. The summed E-state index contributed by atoms with van der Waals surface area (Å²) >= 11 is 0. The maximum Gasteiger partial charge on any atom is 0.128 e. The first kappa shape index (κ1) is 12.1. The summed E-state index contributed by atoms with van der Waals surface area (Å²) in [6.07, 6.45) is 1.18. The van der Waals surface area contributed by atoms with Gasteiger partial charge in [0.25, 0.3) is 0 Å². The van der Waals surface area contributed by atoms with Gasteiger partial charge in [0.15, 0.2) is 0 Å². The Labute approximate surface area is 94.8 Å². The number of rotatable bonds is 5. The Morgan fingerprint density at radius 2 is 2.25 bits per heavy atom. The molecule has 0 spiro atoms. The topological polar surface area (TPSA) is 65.6 Å². The van der Waals surface area contributed by atoms with Gasteiger partial charge in [0.1, 0.15) is 5.75 Å². The van der Waals surface area contributed by atoms with Crippen molar-refractivity contribution in [3.63, 3.8) is 0 Å². The fraction of sp³-hybridized carbons (Fsp3) is 0.333. The fourth-order valence-corrected chi connectivity index (χ4v) is 1.28. The molecule has 0 saturated heterocycles. The Bertz CT molecular complexity index is 408. The maximum atomic E-state index is 8.71. The Morgan fingerprint density at radius 3 is 2.94 bits per heavy atom. The van der Waals surface area contributed by atoms with Crippen molar-refractivity contribution in [3.8, 4) is 11.8 Å². The minimum Gasteiger partial charge on any atom is -0.493 e. The Balaban J connectivity index is 2.69. The SMILES string of the molecule is C/C(=N\O)c1ccccc1OCCCC#N. The summed E-state index contributed by atoms with van der Waals surface area (Å²) in [5.74, 6) is 0.677. The molecule has 1 aromatic carbocycles. The molecule has 0 atom stereocenters. The summed E-state index contributed by atoms with van der Waals surface area (Å²) in [5.41, 5.74) is 1.28. The van der Waals surface area contributed by atoms with Crippen molar-refractivity contribution in [2.45, 2.75) is 19.8 Å². The van der Waals surface area contributed by atoms with Crippen LogP contribution in [0.15, 0.2) is 29.4 Å². The quantitative estimate of drug-likeness (QED) is 0.357. The Hall–Kier alpha value is -2.02. The van der Waals surface area contributed by atoms with E-state index in [-0.39, 0.29) is 0 Å². The van der Waals surface area contributed by atoms with E-state index in [9.17, 15) is 0 Å². The van der Waals surface area contributed by atoms with Crippen LogP contribution in [0.1, 0.15) is 25.3 Å². The van der Waals surface area contributed by atoms with Crippen molar-refractivity contribution in [1.82, 2.24) is 0 Å². The third-order valence-electron chi connectivity index (χ3n) is 2.12. The standard InChI is InChI=1S/C12H14N2O2/c1-10(14-15)11-6-2-3-7-12(11)16-9-5-4-8-13/h2-3,6-7,15H,4-5,9H2,1H3/b14-10+. The second-order valence-electron chi connectivity index (χ2n) is 3.29. The molecule has 4 nitrogen and oxygen atoms in total. The van der Waals surface area contributed by atoms with Crippen LogP contribution in [0.4, 0.5) is 0 Å². The summed E-state index contributed by atoms with van der Waals surface area (Å²) in [5, 5.41) is 20.2. The van der Waals surface area contributed by atoms with Gasteiger partial charge >= 0.3 is 0 Å². The second-order valence-corrected chi connectivity index (χ2v) is 3.29. The number of oxime groups is 1. The molecule has 16 heavy (non-hydrogen) atoms. The first-order valence-electron chi connectivity index (χ1n) is 5.07. The smallest absolute Gasteiger partial charge is 0.128 e. The number of hydrogen-bond acceptors (Lipinski definition) is 4. The van der Waals surface area contributed by atoms with Crippen molar-refractivity contribution < 1.29 is 9.94 Å². The van der Waals surface area contributed by atoms with Crippen LogP contribution in [0.2, 0.25) is 0 Å². The van der Waals surface area contributed by atoms with Crippen molar-refractivity contribution in [3.05, 3.63) is 29.8 Å². The average Bonchev–Trinajstić information content (AvgIpc) is 2.34. The highest BCUT2D eigenvalue weighted by Gasteiger charge is 2.05. The zero-order chi connectivity index (χ0) is 11.8. The van der Waals surface area contributed by atoms with Crippen LogP contribution >= 0.6 is 0 Å². The minimum atomic E-state index is 0.481. The highest BCUT2D eigenvalue weighted by molar-refractivity contribution is 6.00. The third-order valence-corrected chi connectivity index (χ3v) is 2.12. The highest BCUT2D eigenvalue weighted by Crippen LogP contribution is 2.19. The lowest BCUT2D eigenvalue weighted by molar-refractivity contribution is 0.308. The van der Waals surface area contributed by atoms with Gasteiger partial charge in [-0.2, -0.15) is 5.26 Å². The van der Waals surface area contributed by atoms with E-state index in [0.29, 0.717) is 30.9 Å². The zero-order valence-corrected chi connectivity index (χ0v) is 9.18. The van der Waals surface area contributed by atoms with Crippen molar-refractivity contribution in [1.29, 1.82) is 5.26 Å². The molecule has 0 unspecified atom stereocenters. The van der Waals surface area contributed by atoms with Gasteiger partial charge in [-0.15, -0.1) is 0 Å². The Kier molecular flexibility index (Phi) is 4.87. The van der Waals surface area contributed by atoms with Gasteiger partial charge in [0, 0.05) is 12.0 Å². The largest absolute Gasteiger partial charge is 0.493 e. The van der Waals surface area contributed by atoms with Crippen molar-refractivity contribution in [2.75, 3.05) is 6.61 Å². The normalized spacial score (nSPS) is 10.9. The van der Waals surface area contributed by atoms with E-state index in [1.54, 1.807) is 6.92 Å². The molecule has 4 heteroatoms. The van der Waals surface area contributed by atoms with Crippen LogP contribution in [0.5, 0.6) is 5.75 Å². The molecule has 1 N–H and O–H groups in total. The summed E-state index contributed by atoms with van der Waals surface area (Å²) in [7, 11) is 0. The zero-order valence-electron chi connectivity index (χ0n) is 9.18. The molecule has 0 saturated carbocycles. The molecule has 0 aromatic heterocycles. The van der Waals surface area contributed by atoms with Crippen LogP contribution in [0.3, 0.4) is 0 Å². The maximum absolute atomic E-state index is 8.71. The molecule has 1 aromatic rings. The number of nitriles is 1. The monoisotopic (exact) mass is 218 g/mol. The number of nitrogens with zero attached hydrogens (tertiary/aromatic N) is 2. The molecule has 0 fully saturated rings. The Morgan fingerprint density at radius 1 is 1.50 bits per heavy atom. The van der Waals surface area contributed by atoms with Gasteiger partial charge in [-0.05, 0) is 25.5 Å². The van der Waals surface area contributed by atoms with E-state index in [0.717, 1.165) is 5.56 Å². The van der Waals surface area contributed by atoms with Gasteiger partial charge in [0.05, 0.1) is 18.4 Å². The van der Waals surface area contributed by atoms with Crippen molar-refractivity contribution in [2.24, 2.45) is 5.16 Å². The van der Waals surface area contributed by atoms with Gasteiger partial charge in [-0.1, -0.05) is 17.3 Å². The van der Waals surface area contributed by atoms with Crippen LogP contribution in [-0.4, -0.2) is 17.5 Å².